The first-order valence-electron chi connectivity index (χ1n) is 8.96. The second-order valence-corrected chi connectivity index (χ2v) is 6.57. The minimum absolute atomic E-state index is 0.171. The Hall–Kier alpha value is -3.55. The van der Waals surface area contributed by atoms with Gasteiger partial charge in [-0.25, -0.2) is 0 Å². The summed E-state index contributed by atoms with van der Waals surface area (Å²) >= 11 is 0. The fourth-order valence-corrected chi connectivity index (χ4v) is 3.10. The fraction of sp³-hybridized carbons (Fsp3) is 0.250. The number of ether oxygens (including phenoxy) is 2. The number of amides is 3. The quantitative estimate of drug-likeness (QED) is 0.735. The van der Waals surface area contributed by atoms with Crippen molar-refractivity contribution in [3.05, 3.63) is 54.1 Å². The largest absolute Gasteiger partial charge is 0.486 e. The van der Waals surface area contributed by atoms with Crippen molar-refractivity contribution < 1.29 is 23.9 Å². The zero-order valence-corrected chi connectivity index (χ0v) is 14.9. The molecule has 1 unspecified atom stereocenters. The number of carbonyl (C=O) groups is 3. The van der Waals surface area contributed by atoms with Crippen molar-refractivity contribution in [2.75, 3.05) is 18.5 Å². The Morgan fingerprint density at radius 1 is 1.07 bits per heavy atom. The Bertz CT molecular complexity index is 930. The van der Waals surface area contributed by atoms with Gasteiger partial charge in [-0.1, -0.05) is 24.3 Å². The van der Waals surface area contributed by atoms with E-state index in [9.17, 15) is 14.4 Å². The van der Waals surface area contributed by atoms with E-state index in [1.807, 2.05) is 18.2 Å². The van der Waals surface area contributed by atoms with Crippen molar-refractivity contribution in [3.63, 3.8) is 0 Å². The van der Waals surface area contributed by atoms with Crippen LogP contribution in [-0.2, 0) is 9.59 Å². The van der Waals surface area contributed by atoms with Crippen LogP contribution in [0.1, 0.15) is 16.8 Å². The average molecular weight is 381 g/mol. The van der Waals surface area contributed by atoms with E-state index in [0.29, 0.717) is 29.4 Å². The minimum atomic E-state index is -0.954. The molecule has 3 amide bonds. The molecule has 0 aromatic heterocycles. The topological polar surface area (TPSA) is 106 Å². The first-order chi connectivity index (χ1) is 13.6. The summed E-state index contributed by atoms with van der Waals surface area (Å²) in [4.78, 5) is 36.9. The first kappa shape index (κ1) is 17.8. The Kier molecular flexibility index (Phi) is 4.84. The lowest BCUT2D eigenvalue weighted by Gasteiger charge is -2.26. The molecule has 2 atom stereocenters. The van der Waals surface area contributed by atoms with Crippen LogP contribution < -0.4 is 25.4 Å². The molecule has 2 heterocycles. The van der Waals surface area contributed by atoms with E-state index in [4.69, 9.17) is 9.47 Å². The third-order valence-corrected chi connectivity index (χ3v) is 4.54. The molecule has 0 radical (unpaired) electrons. The normalized spacial score (nSPS) is 20.3. The molecule has 0 spiro atoms. The second-order valence-electron chi connectivity index (χ2n) is 6.57. The summed E-state index contributed by atoms with van der Waals surface area (Å²) in [7, 11) is 0. The van der Waals surface area contributed by atoms with Crippen LogP contribution >= 0.6 is 0 Å². The molecule has 8 nitrogen and oxygen atoms in total. The van der Waals surface area contributed by atoms with Gasteiger partial charge in [0.05, 0.1) is 24.2 Å². The molecule has 0 fully saturated rings. The van der Waals surface area contributed by atoms with Crippen LogP contribution in [0.3, 0.4) is 0 Å². The number of anilines is 1. The highest BCUT2D eigenvalue weighted by Gasteiger charge is 2.30. The van der Waals surface area contributed by atoms with Crippen LogP contribution in [0.25, 0.3) is 0 Å². The lowest BCUT2D eigenvalue weighted by molar-refractivity contribution is -0.126. The summed E-state index contributed by atoms with van der Waals surface area (Å²) in [5, 5.41) is 8.01. The number of rotatable bonds is 4. The Morgan fingerprint density at radius 2 is 1.82 bits per heavy atom. The molecule has 0 aliphatic carbocycles. The number of nitrogens with one attached hydrogen (secondary N) is 3. The van der Waals surface area contributed by atoms with Crippen LogP contribution in [0.5, 0.6) is 11.5 Å². The first-order valence-corrected chi connectivity index (χ1v) is 8.96. The van der Waals surface area contributed by atoms with Crippen LogP contribution in [0, 0.1) is 0 Å². The lowest BCUT2D eigenvalue weighted by atomic mass is 10.1. The van der Waals surface area contributed by atoms with E-state index < -0.39 is 17.9 Å². The van der Waals surface area contributed by atoms with Crippen molar-refractivity contribution >= 4 is 23.4 Å². The number of hydrogen-bond donors (Lipinski definition) is 3. The van der Waals surface area contributed by atoms with E-state index >= 15 is 0 Å². The lowest BCUT2D eigenvalue weighted by Crippen LogP contribution is -2.46. The molecule has 4 rings (SSSR count). The second kappa shape index (κ2) is 7.59. The number of carbonyl (C=O) groups excluding carboxylic acids is 3. The molecule has 0 saturated heterocycles. The van der Waals surface area contributed by atoms with Gasteiger partial charge in [-0.2, -0.15) is 0 Å². The molecular weight excluding hydrogens is 362 g/mol. The number of hydrogen-bond acceptors (Lipinski definition) is 5. The molecule has 0 bridgehead atoms. The van der Waals surface area contributed by atoms with E-state index in [0.717, 1.165) is 0 Å². The van der Waals surface area contributed by atoms with E-state index in [-0.39, 0.29) is 25.0 Å². The Balaban J connectivity index is 1.32. The van der Waals surface area contributed by atoms with E-state index in [1.54, 1.807) is 30.3 Å². The molecule has 2 aromatic carbocycles. The van der Waals surface area contributed by atoms with Gasteiger partial charge < -0.3 is 25.4 Å². The smallest absolute Gasteiger partial charge is 0.254 e. The van der Waals surface area contributed by atoms with Crippen molar-refractivity contribution in [2.45, 2.75) is 18.6 Å². The molecule has 2 aliphatic heterocycles. The van der Waals surface area contributed by atoms with Gasteiger partial charge in [-0.15, -0.1) is 0 Å². The van der Waals surface area contributed by atoms with Crippen LogP contribution in [0.15, 0.2) is 48.5 Å². The molecule has 0 saturated carbocycles. The highest BCUT2D eigenvalue weighted by atomic mass is 16.6. The van der Waals surface area contributed by atoms with Crippen LogP contribution in [0.2, 0.25) is 0 Å². The van der Waals surface area contributed by atoms with Crippen molar-refractivity contribution in [3.8, 4) is 11.5 Å². The predicted octanol–water partition coefficient (Wildman–Crippen LogP) is 1.08. The Labute approximate surface area is 161 Å². The summed E-state index contributed by atoms with van der Waals surface area (Å²) in [6.45, 7) is 0.545. The number of para-hydroxylation sites is 3. The van der Waals surface area contributed by atoms with E-state index in [1.165, 1.54) is 0 Å². The third kappa shape index (κ3) is 3.75. The monoisotopic (exact) mass is 381 g/mol. The molecule has 8 heteroatoms. The maximum absolute atomic E-state index is 12.4. The highest BCUT2D eigenvalue weighted by Crippen LogP contribution is 2.30. The van der Waals surface area contributed by atoms with Crippen molar-refractivity contribution in [1.82, 2.24) is 10.6 Å². The minimum Gasteiger partial charge on any atom is -0.486 e. The molecular formula is C20H19N3O5. The molecule has 28 heavy (non-hydrogen) atoms. The van der Waals surface area contributed by atoms with Gasteiger partial charge in [0.1, 0.15) is 18.8 Å². The van der Waals surface area contributed by atoms with Crippen LogP contribution in [-0.4, -0.2) is 43.0 Å². The number of fused-ring (bicyclic) bond motifs is 2. The number of benzene rings is 2. The molecule has 2 aromatic rings. The summed E-state index contributed by atoms with van der Waals surface area (Å²) in [5.74, 6) is 0.101. The standard InChI is InChI=1S/C20H19N3O5/c24-18(21-10-12-11-27-16-7-3-4-8-17(16)28-12)9-15-20(26)22-14-6-2-1-5-13(14)19(25)23-15/h1-8,12,15H,9-11H2,(H,21,24)(H,22,26)(H,23,25)/t12?,15-/m0/s1. The van der Waals surface area contributed by atoms with Gasteiger partial charge in [0.2, 0.25) is 11.8 Å². The van der Waals surface area contributed by atoms with Crippen molar-refractivity contribution in [1.29, 1.82) is 0 Å². The SMILES string of the molecule is O=C(C[C@@H]1NC(=O)c2ccccc2NC1=O)NCC1COc2ccccc2O1. The molecule has 144 valence electrons. The van der Waals surface area contributed by atoms with E-state index in [2.05, 4.69) is 16.0 Å². The van der Waals surface area contributed by atoms with Gasteiger partial charge in [0.15, 0.2) is 11.5 Å². The maximum atomic E-state index is 12.4. The van der Waals surface area contributed by atoms with Gasteiger partial charge in [-0.05, 0) is 24.3 Å². The zero-order chi connectivity index (χ0) is 19.5. The summed E-state index contributed by atoms with van der Waals surface area (Å²) in [6.07, 6.45) is -0.504. The average Bonchev–Trinajstić information content (AvgIpc) is 2.82. The van der Waals surface area contributed by atoms with Gasteiger partial charge in [0.25, 0.3) is 5.91 Å². The third-order valence-electron chi connectivity index (χ3n) is 4.54. The Morgan fingerprint density at radius 3 is 2.68 bits per heavy atom. The van der Waals surface area contributed by atoms with Gasteiger partial charge >= 0.3 is 0 Å². The predicted molar refractivity (Wildman–Crippen MR) is 100 cm³/mol. The fourth-order valence-electron chi connectivity index (χ4n) is 3.10. The summed E-state index contributed by atoms with van der Waals surface area (Å²) in [5.41, 5.74) is 0.796. The summed E-state index contributed by atoms with van der Waals surface area (Å²) < 4.78 is 11.4. The zero-order valence-electron chi connectivity index (χ0n) is 14.9. The maximum Gasteiger partial charge on any atom is 0.254 e. The molecule has 3 N–H and O–H groups in total. The van der Waals surface area contributed by atoms with Gasteiger partial charge in [-0.3, -0.25) is 14.4 Å². The van der Waals surface area contributed by atoms with Gasteiger partial charge in [0, 0.05) is 0 Å². The van der Waals surface area contributed by atoms with Crippen molar-refractivity contribution in [2.24, 2.45) is 0 Å². The highest BCUT2D eigenvalue weighted by molar-refractivity contribution is 6.10. The summed E-state index contributed by atoms with van der Waals surface area (Å²) in [6, 6.07) is 13.1. The van der Waals surface area contributed by atoms with Crippen LogP contribution in [0.4, 0.5) is 5.69 Å². The molecule has 2 aliphatic rings.